The summed E-state index contributed by atoms with van der Waals surface area (Å²) in [6.45, 7) is 4.74. The first-order valence-corrected chi connectivity index (χ1v) is 6.29. The van der Waals surface area contributed by atoms with Crippen molar-refractivity contribution in [2.75, 3.05) is 13.1 Å². The topological polar surface area (TPSA) is 59.0 Å². The molecule has 2 rings (SSSR count). The summed E-state index contributed by atoms with van der Waals surface area (Å²) in [5, 5.41) is 6.28. The molecule has 1 amide bonds. The Balaban J connectivity index is 1.95. The van der Waals surface area contributed by atoms with Crippen LogP contribution in [0.5, 0.6) is 0 Å². The van der Waals surface area contributed by atoms with E-state index >= 15 is 0 Å². The van der Waals surface area contributed by atoms with Gasteiger partial charge < -0.3 is 15.2 Å². The molecule has 94 valence electrons. The standard InChI is InChI=1S/C12H20N4O/c1-2-5-13-6-11-7-14-9-16(11)10-3-4-12(17)15-8-10/h7,9-10,13H,2-6,8H2,1H3,(H,15,17). The van der Waals surface area contributed by atoms with Crippen molar-refractivity contribution in [3.8, 4) is 0 Å². The highest BCUT2D eigenvalue weighted by atomic mass is 16.1. The SMILES string of the molecule is CCCNCc1cncn1C1CCC(=O)NC1. The van der Waals surface area contributed by atoms with Crippen LogP contribution >= 0.6 is 0 Å². The molecule has 1 aliphatic heterocycles. The molecule has 2 N–H and O–H groups in total. The molecule has 1 fully saturated rings. The van der Waals surface area contributed by atoms with Crippen LogP contribution in [0.25, 0.3) is 0 Å². The third-order valence-corrected chi connectivity index (χ3v) is 3.11. The molecule has 0 aliphatic carbocycles. The molecule has 0 radical (unpaired) electrons. The number of carbonyl (C=O) groups is 1. The number of aromatic nitrogens is 2. The van der Waals surface area contributed by atoms with Crippen molar-refractivity contribution in [2.45, 2.75) is 38.8 Å². The van der Waals surface area contributed by atoms with Gasteiger partial charge in [-0.05, 0) is 19.4 Å². The van der Waals surface area contributed by atoms with Gasteiger partial charge in [-0.15, -0.1) is 0 Å². The van der Waals surface area contributed by atoms with E-state index in [0.29, 0.717) is 12.5 Å². The van der Waals surface area contributed by atoms with Crippen LogP contribution in [0.2, 0.25) is 0 Å². The van der Waals surface area contributed by atoms with E-state index in [1.807, 2.05) is 12.5 Å². The second-order valence-corrected chi connectivity index (χ2v) is 4.47. The Morgan fingerprint density at radius 3 is 3.24 bits per heavy atom. The Hall–Kier alpha value is -1.36. The maximum Gasteiger partial charge on any atom is 0.220 e. The fourth-order valence-corrected chi connectivity index (χ4v) is 2.15. The monoisotopic (exact) mass is 236 g/mol. The summed E-state index contributed by atoms with van der Waals surface area (Å²) in [6, 6.07) is 0.355. The summed E-state index contributed by atoms with van der Waals surface area (Å²) in [5.41, 5.74) is 1.19. The first kappa shape index (κ1) is 12.1. The molecule has 5 heteroatoms. The average Bonchev–Trinajstić information content (AvgIpc) is 2.79. The molecule has 1 aromatic rings. The van der Waals surface area contributed by atoms with Crippen LogP contribution in [0.1, 0.15) is 37.9 Å². The smallest absolute Gasteiger partial charge is 0.220 e. The zero-order valence-corrected chi connectivity index (χ0v) is 10.3. The number of nitrogens with one attached hydrogen (secondary N) is 2. The van der Waals surface area contributed by atoms with Crippen molar-refractivity contribution in [2.24, 2.45) is 0 Å². The number of carbonyl (C=O) groups excluding carboxylic acids is 1. The van der Waals surface area contributed by atoms with E-state index in [1.54, 1.807) is 0 Å². The summed E-state index contributed by atoms with van der Waals surface area (Å²) >= 11 is 0. The third kappa shape index (κ3) is 3.06. The van der Waals surface area contributed by atoms with E-state index < -0.39 is 0 Å². The fourth-order valence-electron chi connectivity index (χ4n) is 2.15. The van der Waals surface area contributed by atoms with Gasteiger partial charge in [0.1, 0.15) is 0 Å². The average molecular weight is 236 g/mol. The van der Waals surface area contributed by atoms with E-state index in [2.05, 4.69) is 27.1 Å². The summed E-state index contributed by atoms with van der Waals surface area (Å²) in [5.74, 6) is 0.159. The number of hydrogen-bond acceptors (Lipinski definition) is 3. The van der Waals surface area contributed by atoms with Crippen molar-refractivity contribution in [1.82, 2.24) is 20.2 Å². The lowest BCUT2D eigenvalue weighted by Crippen LogP contribution is -2.36. The Bertz CT molecular complexity index is 364. The minimum atomic E-state index is 0.159. The fraction of sp³-hybridized carbons (Fsp3) is 0.667. The molecule has 0 spiro atoms. The molecule has 17 heavy (non-hydrogen) atoms. The van der Waals surface area contributed by atoms with Crippen molar-refractivity contribution in [3.63, 3.8) is 0 Å². The van der Waals surface area contributed by atoms with Gasteiger partial charge >= 0.3 is 0 Å². The normalized spacial score (nSPS) is 20.3. The van der Waals surface area contributed by atoms with Crippen LogP contribution in [0.3, 0.4) is 0 Å². The highest BCUT2D eigenvalue weighted by Crippen LogP contribution is 2.18. The molecule has 1 aromatic heterocycles. The van der Waals surface area contributed by atoms with Gasteiger partial charge in [-0.3, -0.25) is 4.79 Å². The largest absolute Gasteiger partial charge is 0.354 e. The molecular weight excluding hydrogens is 216 g/mol. The third-order valence-electron chi connectivity index (χ3n) is 3.11. The Morgan fingerprint density at radius 1 is 1.65 bits per heavy atom. The lowest BCUT2D eigenvalue weighted by molar-refractivity contribution is -0.122. The predicted molar refractivity (Wildman–Crippen MR) is 65.5 cm³/mol. The summed E-state index contributed by atoms with van der Waals surface area (Å²) < 4.78 is 2.18. The van der Waals surface area contributed by atoms with Crippen LogP contribution in [0.4, 0.5) is 0 Å². The molecule has 0 bridgehead atoms. The van der Waals surface area contributed by atoms with E-state index in [-0.39, 0.29) is 5.91 Å². The lowest BCUT2D eigenvalue weighted by atomic mass is 10.1. The van der Waals surface area contributed by atoms with Crippen molar-refractivity contribution in [1.29, 1.82) is 0 Å². The van der Waals surface area contributed by atoms with Crippen LogP contribution in [0.15, 0.2) is 12.5 Å². The van der Waals surface area contributed by atoms with Gasteiger partial charge in [0.15, 0.2) is 0 Å². The molecule has 1 atom stereocenters. The zero-order chi connectivity index (χ0) is 12.1. The van der Waals surface area contributed by atoms with Crippen molar-refractivity contribution in [3.05, 3.63) is 18.2 Å². The van der Waals surface area contributed by atoms with Gasteiger partial charge in [0.05, 0.1) is 18.1 Å². The number of rotatable bonds is 5. The number of amides is 1. The minimum absolute atomic E-state index is 0.159. The maximum absolute atomic E-state index is 11.1. The Morgan fingerprint density at radius 2 is 2.53 bits per heavy atom. The minimum Gasteiger partial charge on any atom is -0.354 e. The zero-order valence-electron chi connectivity index (χ0n) is 10.3. The van der Waals surface area contributed by atoms with Gasteiger partial charge in [0, 0.05) is 25.7 Å². The molecule has 0 saturated carbocycles. The molecule has 1 saturated heterocycles. The molecule has 5 nitrogen and oxygen atoms in total. The van der Waals surface area contributed by atoms with Gasteiger partial charge in [0.25, 0.3) is 0 Å². The number of piperidine rings is 1. The summed E-state index contributed by atoms with van der Waals surface area (Å²) in [6.07, 6.45) is 6.42. The number of hydrogen-bond donors (Lipinski definition) is 2. The van der Waals surface area contributed by atoms with Crippen molar-refractivity contribution >= 4 is 5.91 Å². The second-order valence-electron chi connectivity index (χ2n) is 4.47. The molecule has 1 aliphatic rings. The molecule has 0 aromatic carbocycles. The summed E-state index contributed by atoms with van der Waals surface area (Å²) in [4.78, 5) is 15.3. The van der Waals surface area contributed by atoms with E-state index in [9.17, 15) is 4.79 Å². The molecular formula is C12H20N4O. The lowest BCUT2D eigenvalue weighted by Gasteiger charge is -2.25. The van der Waals surface area contributed by atoms with E-state index in [0.717, 1.165) is 32.5 Å². The van der Waals surface area contributed by atoms with Crippen molar-refractivity contribution < 1.29 is 4.79 Å². The molecule has 2 heterocycles. The number of nitrogens with zero attached hydrogens (tertiary/aromatic N) is 2. The van der Waals surface area contributed by atoms with Gasteiger partial charge in [-0.2, -0.15) is 0 Å². The van der Waals surface area contributed by atoms with Crippen LogP contribution in [-0.4, -0.2) is 28.5 Å². The van der Waals surface area contributed by atoms with Gasteiger partial charge in [-0.1, -0.05) is 6.92 Å². The second kappa shape index (κ2) is 5.82. The van der Waals surface area contributed by atoms with Crippen LogP contribution in [-0.2, 0) is 11.3 Å². The first-order chi connectivity index (χ1) is 8.31. The Labute approximate surface area is 102 Å². The van der Waals surface area contributed by atoms with Crippen LogP contribution in [0, 0.1) is 0 Å². The van der Waals surface area contributed by atoms with Gasteiger partial charge in [0.2, 0.25) is 5.91 Å². The first-order valence-electron chi connectivity index (χ1n) is 6.29. The number of imidazole rings is 1. The van der Waals surface area contributed by atoms with Gasteiger partial charge in [-0.25, -0.2) is 4.98 Å². The quantitative estimate of drug-likeness (QED) is 0.745. The maximum atomic E-state index is 11.1. The van der Waals surface area contributed by atoms with Crippen LogP contribution < -0.4 is 10.6 Å². The summed E-state index contributed by atoms with van der Waals surface area (Å²) in [7, 11) is 0. The highest BCUT2D eigenvalue weighted by Gasteiger charge is 2.20. The van der Waals surface area contributed by atoms with E-state index in [4.69, 9.17) is 0 Å². The Kier molecular flexibility index (Phi) is 4.14. The predicted octanol–water partition coefficient (Wildman–Crippen LogP) is 0.834. The molecule has 1 unspecified atom stereocenters. The highest BCUT2D eigenvalue weighted by molar-refractivity contribution is 5.76. The van der Waals surface area contributed by atoms with E-state index in [1.165, 1.54) is 5.69 Å².